The Balaban J connectivity index is 0.746. The number of aromatic nitrogens is 2. The number of carbonyl (C=O) groups is 6. The highest BCUT2D eigenvalue weighted by Gasteiger charge is 2.26. The number of carboxylic acid groups (broad SMARTS) is 2. The van der Waals surface area contributed by atoms with E-state index in [1.165, 1.54) is 36.4 Å². The molecule has 0 unspecified atom stereocenters. The molecule has 8 aromatic rings. The molecule has 72 heavy (non-hydrogen) atoms. The molecule has 4 aromatic carbocycles. The number of carbonyl (C=O) groups excluding carboxylic acids is 4. The minimum atomic E-state index is -1.25. The summed E-state index contributed by atoms with van der Waals surface area (Å²) in [5.74, 6) is -3.11. The summed E-state index contributed by atoms with van der Waals surface area (Å²) >= 11 is 0. The summed E-state index contributed by atoms with van der Waals surface area (Å²) in [4.78, 5) is 77.7. The molecule has 0 fully saturated rings. The maximum absolute atomic E-state index is 13.7. The molecule has 0 atom stereocenters. The first-order chi connectivity index (χ1) is 34.7. The number of nitrogens with zero attached hydrogens (tertiary/aromatic N) is 2. The summed E-state index contributed by atoms with van der Waals surface area (Å²) in [6, 6.07) is 31.9. The summed E-state index contributed by atoms with van der Waals surface area (Å²) in [5, 5.41) is 24.9. The van der Waals surface area contributed by atoms with Gasteiger partial charge in [0.1, 0.15) is 24.7 Å². The Morgan fingerprint density at radius 1 is 0.486 bits per heavy atom. The van der Waals surface area contributed by atoms with Crippen molar-refractivity contribution in [1.29, 1.82) is 0 Å². The molecule has 4 aromatic heterocycles. The first-order valence-electron chi connectivity index (χ1n) is 22.5. The molecule has 0 bridgehead atoms. The Kier molecular flexibility index (Phi) is 14.7. The van der Waals surface area contributed by atoms with E-state index in [9.17, 15) is 39.0 Å². The van der Waals surface area contributed by atoms with Crippen molar-refractivity contribution in [1.82, 2.24) is 8.80 Å². The molecule has 0 aliphatic carbocycles. The summed E-state index contributed by atoms with van der Waals surface area (Å²) < 4.78 is 26.1. The van der Waals surface area contributed by atoms with Crippen molar-refractivity contribution < 1.29 is 57.9 Å². The van der Waals surface area contributed by atoms with E-state index in [1.807, 2.05) is 0 Å². The van der Waals surface area contributed by atoms with E-state index in [0.717, 1.165) is 0 Å². The van der Waals surface area contributed by atoms with Gasteiger partial charge in [0.15, 0.2) is 0 Å². The highest BCUT2D eigenvalue weighted by atomic mass is 16.6. The Labute approximate surface area is 411 Å². The highest BCUT2D eigenvalue weighted by molar-refractivity contribution is 6.16. The largest absolute Gasteiger partial charge is 0.491 e. The average Bonchev–Trinajstić information content (AvgIpc) is 3.82. The minimum Gasteiger partial charge on any atom is -0.491 e. The molecule has 18 nitrogen and oxygen atoms in total. The molecule has 8 N–H and O–H groups in total. The molecule has 0 spiro atoms. The van der Waals surface area contributed by atoms with Gasteiger partial charge in [-0.3, -0.25) is 19.2 Å². The van der Waals surface area contributed by atoms with Crippen molar-refractivity contribution >= 4 is 69.1 Å². The molecule has 2 amide bonds. The van der Waals surface area contributed by atoms with Crippen LogP contribution in [0.15, 0.2) is 134 Å². The van der Waals surface area contributed by atoms with E-state index >= 15 is 0 Å². The van der Waals surface area contributed by atoms with Gasteiger partial charge in [-0.2, -0.15) is 0 Å². The zero-order valence-corrected chi connectivity index (χ0v) is 39.0. The average molecular weight is 973 g/mol. The topological polar surface area (TPSA) is 265 Å². The lowest BCUT2D eigenvalue weighted by molar-refractivity contribution is 0.0273. The number of benzene rings is 4. The van der Waals surface area contributed by atoms with E-state index in [-0.39, 0.29) is 71.4 Å². The van der Waals surface area contributed by atoms with Crippen molar-refractivity contribution in [2.24, 2.45) is 0 Å². The van der Waals surface area contributed by atoms with Crippen molar-refractivity contribution in [3.05, 3.63) is 190 Å². The van der Waals surface area contributed by atoms with Gasteiger partial charge < -0.3 is 60.1 Å². The molecule has 8 rings (SSSR count). The predicted octanol–water partition coefficient (Wildman–Crippen LogP) is 7.83. The molecule has 18 heteroatoms. The smallest absolute Gasteiger partial charge is 0.337 e. The van der Waals surface area contributed by atoms with E-state index in [2.05, 4.69) is 10.6 Å². The minimum absolute atomic E-state index is 0.0400. The maximum atomic E-state index is 13.7. The van der Waals surface area contributed by atoms with Crippen LogP contribution in [-0.2, 0) is 9.47 Å². The molecule has 0 radical (unpaired) electrons. The SMILES string of the molecule is Cc1c(NC(=O)c2ccc(OCCOCCOCCOc3ccc(C(=O)Nc4c(C)c(C(=O)c5ccc(N)c(C(=O)O)c5)n5ccccc45)cc3)cc2)c2ccccn2c1C(=O)c1ccc(N)c(C(=O)O)c1. The van der Waals surface area contributed by atoms with Crippen molar-refractivity contribution in [3.8, 4) is 11.5 Å². The van der Waals surface area contributed by atoms with Crippen LogP contribution in [0.1, 0.15) is 84.7 Å². The van der Waals surface area contributed by atoms with Gasteiger partial charge in [0.25, 0.3) is 11.8 Å². The van der Waals surface area contributed by atoms with Crippen LogP contribution in [0, 0.1) is 13.8 Å². The zero-order chi connectivity index (χ0) is 51.1. The van der Waals surface area contributed by atoms with Crippen LogP contribution in [0.25, 0.3) is 11.0 Å². The van der Waals surface area contributed by atoms with Crippen LogP contribution in [0.2, 0.25) is 0 Å². The van der Waals surface area contributed by atoms with Gasteiger partial charge in [0, 0.05) is 57.1 Å². The molecule has 0 saturated carbocycles. The number of carboxylic acids is 2. The van der Waals surface area contributed by atoms with Crippen molar-refractivity contribution in [3.63, 3.8) is 0 Å². The second kappa shape index (κ2) is 21.6. The normalized spacial score (nSPS) is 11.1. The van der Waals surface area contributed by atoms with Gasteiger partial charge in [-0.25, -0.2) is 9.59 Å². The number of ketones is 2. The number of pyridine rings is 2. The number of aromatic carboxylic acids is 2. The van der Waals surface area contributed by atoms with Crippen LogP contribution in [0.5, 0.6) is 11.5 Å². The fourth-order valence-electron chi connectivity index (χ4n) is 8.12. The lowest BCUT2D eigenvalue weighted by Gasteiger charge is -2.10. The van der Waals surface area contributed by atoms with Gasteiger partial charge in [0.2, 0.25) is 11.6 Å². The number of amides is 2. The van der Waals surface area contributed by atoms with E-state index < -0.39 is 35.3 Å². The van der Waals surface area contributed by atoms with Crippen LogP contribution < -0.4 is 31.6 Å². The molecule has 4 heterocycles. The number of hydrogen-bond acceptors (Lipinski definition) is 12. The van der Waals surface area contributed by atoms with Crippen molar-refractivity contribution in [2.75, 3.05) is 61.7 Å². The van der Waals surface area contributed by atoms with E-state index in [1.54, 1.807) is 120 Å². The predicted molar refractivity (Wildman–Crippen MR) is 268 cm³/mol. The van der Waals surface area contributed by atoms with Crippen LogP contribution in [0.4, 0.5) is 22.7 Å². The second-order valence-electron chi connectivity index (χ2n) is 16.4. The molecule has 366 valence electrons. The van der Waals surface area contributed by atoms with Crippen LogP contribution >= 0.6 is 0 Å². The zero-order valence-electron chi connectivity index (χ0n) is 39.0. The van der Waals surface area contributed by atoms with Gasteiger partial charge in [0.05, 0.1) is 71.4 Å². The summed E-state index contributed by atoms with van der Waals surface area (Å²) in [6.45, 7) is 5.14. The summed E-state index contributed by atoms with van der Waals surface area (Å²) in [6.07, 6.45) is 3.39. The monoisotopic (exact) mass is 972 g/mol. The maximum Gasteiger partial charge on any atom is 0.337 e. The molecule has 0 aliphatic heterocycles. The number of nitrogens with two attached hydrogens (primary N) is 2. The molecular formula is C54H48N6O12. The third kappa shape index (κ3) is 10.5. The Hall–Kier alpha value is -9.26. The second-order valence-corrected chi connectivity index (χ2v) is 16.4. The number of ether oxygens (including phenoxy) is 4. The third-order valence-corrected chi connectivity index (χ3v) is 11.8. The number of nitrogens with one attached hydrogen (secondary N) is 2. The van der Waals surface area contributed by atoms with Crippen molar-refractivity contribution in [2.45, 2.75) is 13.8 Å². The number of hydrogen-bond donors (Lipinski definition) is 6. The lowest BCUT2D eigenvalue weighted by atomic mass is 10.0. The lowest BCUT2D eigenvalue weighted by Crippen LogP contribution is -2.14. The fourth-order valence-corrected chi connectivity index (χ4v) is 8.12. The summed E-state index contributed by atoms with van der Waals surface area (Å²) in [7, 11) is 0. The number of nitrogen functional groups attached to an aromatic ring is 2. The van der Waals surface area contributed by atoms with Crippen LogP contribution in [-0.4, -0.2) is 94.0 Å². The first-order valence-corrected chi connectivity index (χ1v) is 22.5. The standard InChI is InChI=1S/C54H48N6O12/c1-31-45(43-7-3-5-21-59(43)47(31)49(61)35-13-19-41(55)39(29-35)53(65)66)57-51(63)33-9-15-37(16-10-33)71-27-25-69-23-24-70-26-28-72-38-17-11-34(12-18-38)52(64)58-46-32(2)48(60-22-6-4-8-44(46)60)50(62)36-14-20-42(56)40(30-36)54(67)68/h3-22,29-30H,23-28,55-56H2,1-2H3,(H,57,63)(H,58,64)(H,65,66)(H,67,68). The summed E-state index contributed by atoms with van der Waals surface area (Å²) in [5.41, 5.74) is 15.9. The molecular weight excluding hydrogens is 925 g/mol. The number of fused-ring (bicyclic) bond motifs is 2. The fraction of sp³-hybridized carbons (Fsp3) is 0.148. The van der Waals surface area contributed by atoms with Gasteiger partial charge >= 0.3 is 11.9 Å². The van der Waals surface area contributed by atoms with Gasteiger partial charge in [-0.05, 0) is 123 Å². The Morgan fingerprint density at radius 2 is 0.847 bits per heavy atom. The Bertz CT molecular complexity index is 3170. The Morgan fingerprint density at radius 3 is 1.22 bits per heavy atom. The van der Waals surface area contributed by atoms with Crippen LogP contribution in [0.3, 0.4) is 0 Å². The quantitative estimate of drug-likeness (QED) is 0.0228. The van der Waals surface area contributed by atoms with E-state index in [0.29, 0.717) is 69.4 Å². The van der Waals surface area contributed by atoms with Gasteiger partial charge in [-0.1, -0.05) is 12.1 Å². The van der Waals surface area contributed by atoms with E-state index in [4.69, 9.17) is 30.4 Å². The highest BCUT2D eigenvalue weighted by Crippen LogP contribution is 2.33. The molecule has 0 saturated heterocycles. The number of rotatable bonds is 21. The molecule has 0 aliphatic rings. The number of anilines is 4. The first kappa shape index (κ1) is 49.2. The van der Waals surface area contributed by atoms with Gasteiger partial charge in [-0.15, -0.1) is 0 Å². The third-order valence-electron chi connectivity index (χ3n) is 11.8.